The van der Waals surface area contributed by atoms with E-state index in [0.717, 1.165) is 61.1 Å². The Bertz CT molecular complexity index is 1190. The molecular weight excluding hydrogens is 412 g/mol. The highest BCUT2D eigenvalue weighted by Gasteiger charge is 2.24. The van der Waals surface area contributed by atoms with E-state index in [1.165, 1.54) is 0 Å². The summed E-state index contributed by atoms with van der Waals surface area (Å²) in [6, 6.07) is 16.9. The van der Waals surface area contributed by atoms with Gasteiger partial charge in [-0.2, -0.15) is 0 Å². The van der Waals surface area contributed by atoms with Crippen LogP contribution in [0.1, 0.15) is 41.0 Å². The normalized spacial score (nSPS) is 13.8. The predicted octanol–water partition coefficient (Wildman–Crippen LogP) is 3.58. The van der Waals surface area contributed by atoms with Crippen molar-refractivity contribution in [3.05, 3.63) is 71.5 Å². The minimum atomic E-state index is -3.36. The van der Waals surface area contributed by atoms with Crippen LogP contribution in [0.4, 0.5) is 5.69 Å². The molecule has 1 amide bonds. The highest BCUT2D eigenvalue weighted by molar-refractivity contribution is 7.92. The maximum absolute atomic E-state index is 13.1. The van der Waals surface area contributed by atoms with Crippen molar-refractivity contribution in [1.82, 2.24) is 14.9 Å². The van der Waals surface area contributed by atoms with Crippen molar-refractivity contribution in [1.29, 1.82) is 0 Å². The second kappa shape index (κ2) is 8.93. The number of amides is 1. The van der Waals surface area contributed by atoms with Crippen LogP contribution in [0.2, 0.25) is 0 Å². The first-order valence-corrected chi connectivity index (χ1v) is 12.3. The number of fused-ring (bicyclic) bond motifs is 1. The summed E-state index contributed by atoms with van der Waals surface area (Å²) in [6.45, 7) is 1.14. The molecule has 1 aliphatic heterocycles. The lowest BCUT2D eigenvalue weighted by Crippen LogP contribution is -2.24. The average molecular weight is 439 g/mol. The summed E-state index contributed by atoms with van der Waals surface area (Å²) in [5.74, 6) is 0.622. The minimum absolute atomic E-state index is 0.214. The zero-order valence-corrected chi connectivity index (χ0v) is 18.3. The Morgan fingerprint density at radius 3 is 2.65 bits per heavy atom. The molecule has 0 radical (unpaired) electrons. The molecule has 2 N–H and O–H groups in total. The van der Waals surface area contributed by atoms with Crippen LogP contribution in [-0.2, 0) is 29.5 Å². The van der Waals surface area contributed by atoms with Crippen molar-refractivity contribution < 1.29 is 13.2 Å². The molecule has 7 nitrogen and oxygen atoms in total. The number of benzene rings is 2. The zero-order chi connectivity index (χ0) is 21.8. The fraction of sp³-hybridized carbons (Fsp3) is 0.304. The van der Waals surface area contributed by atoms with Gasteiger partial charge in [-0.1, -0.05) is 48.9 Å². The molecule has 1 aromatic heterocycles. The maximum Gasteiger partial charge on any atom is 0.272 e. The van der Waals surface area contributed by atoms with Gasteiger partial charge in [0.15, 0.2) is 0 Å². The van der Waals surface area contributed by atoms with Crippen molar-refractivity contribution >= 4 is 21.6 Å². The molecule has 0 spiro atoms. The number of hydrogen-bond acceptors (Lipinski definition) is 4. The van der Waals surface area contributed by atoms with Crippen LogP contribution in [0, 0.1) is 0 Å². The van der Waals surface area contributed by atoms with E-state index in [9.17, 15) is 13.2 Å². The summed E-state index contributed by atoms with van der Waals surface area (Å²) in [7, 11) is -3.36. The lowest BCUT2D eigenvalue weighted by Gasteiger charge is -2.09. The second-order valence-electron chi connectivity index (χ2n) is 7.82. The van der Waals surface area contributed by atoms with Gasteiger partial charge in [-0.05, 0) is 37.0 Å². The predicted molar refractivity (Wildman–Crippen MR) is 121 cm³/mol. The van der Waals surface area contributed by atoms with Crippen molar-refractivity contribution in [3.63, 3.8) is 0 Å². The first-order chi connectivity index (χ1) is 14.9. The van der Waals surface area contributed by atoms with Gasteiger partial charge >= 0.3 is 0 Å². The Kier molecular flexibility index (Phi) is 6.08. The topological polar surface area (TPSA) is 93.1 Å². The van der Waals surface area contributed by atoms with Gasteiger partial charge in [0.25, 0.3) is 5.91 Å². The molecule has 31 heavy (non-hydrogen) atoms. The van der Waals surface area contributed by atoms with Crippen LogP contribution in [0.25, 0.3) is 11.4 Å². The molecule has 0 saturated heterocycles. The fourth-order valence-electron chi connectivity index (χ4n) is 3.93. The number of sulfonamides is 1. The number of nitrogens with zero attached hydrogens (tertiary/aromatic N) is 2. The van der Waals surface area contributed by atoms with E-state index < -0.39 is 10.0 Å². The van der Waals surface area contributed by atoms with Gasteiger partial charge in [-0.15, -0.1) is 0 Å². The number of nitrogens with one attached hydrogen (secondary N) is 2. The Morgan fingerprint density at radius 1 is 1.06 bits per heavy atom. The molecule has 2 aromatic carbocycles. The monoisotopic (exact) mass is 438 g/mol. The molecule has 0 fully saturated rings. The molecule has 2 heterocycles. The Morgan fingerprint density at radius 2 is 1.87 bits per heavy atom. The van der Waals surface area contributed by atoms with E-state index in [1.54, 1.807) is 18.2 Å². The first-order valence-electron chi connectivity index (χ1n) is 10.4. The summed E-state index contributed by atoms with van der Waals surface area (Å²) in [5, 5.41) is 2.95. The first kappa shape index (κ1) is 21.1. The van der Waals surface area contributed by atoms with E-state index in [2.05, 4.69) is 14.6 Å². The van der Waals surface area contributed by atoms with E-state index in [-0.39, 0.29) is 12.5 Å². The van der Waals surface area contributed by atoms with Crippen LogP contribution in [0.15, 0.2) is 54.6 Å². The molecule has 0 aliphatic carbocycles. The van der Waals surface area contributed by atoms with Gasteiger partial charge in [-0.3, -0.25) is 9.52 Å². The highest BCUT2D eigenvalue weighted by atomic mass is 32.2. The second-order valence-corrected chi connectivity index (χ2v) is 9.56. The van der Waals surface area contributed by atoms with Crippen LogP contribution in [0.3, 0.4) is 0 Å². The van der Waals surface area contributed by atoms with Gasteiger partial charge in [-0.25, -0.2) is 13.4 Å². The summed E-state index contributed by atoms with van der Waals surface area (Å²) in [6.07, 6.45) is 5.19. The van der Waals surface area contributed by atoms with Crippen LogP contribution < -0.4 is 10.0 Å². The lowest BCUT2D eigenvalue weighted by atomic mass is 10.1. The Hall–Kier alpha value is -3.13. The van der Waals surface area contributed by atoms with E-state index in [0.29, 0.717) is 11.4 Å². The Balaban J connectivity index is 1.57. The van der Waals surface area contributed by atoms with E-state index in [1.807, 2.05) is 36.4 Å². The molecule has 4 rings (SSSR count). The van der Waals surface area contributed by atoms with Crippen LogP contribution >= 0.6 is 0 Å². The van der Waals surface area contributed by atoms with Crippen molar-refractivity contribution in [2.75, 3.05) is 11.0 Å². The summed E-state index contributed by atoms with van der Waals surface area (Å²) in [4.78, 5) is 17.8. The number of aromatic nitrogens is 2. The Labute approximate surface area is 182 Å². The van der Waals surface area contributed by atoms with Gasteiger partial charge in [0.2, 0.25) is 10.0 Å². The van der Waals surface area contributed by atoms with Gasteiger partial charge in [0.05, 0.1) is 11.9 Å². The highest BCUT2D eigenvalue weighted by Crippen LogP contribution is 2.27. The number of carbonyl (C=O) groups is 1. The molecule has 8 heteroatoms. The minimum Gasteiger partial charge on any atom is -0.347 e. The number of hydrogen-bond donors (Lipinski definition) is 2. The molecule has 0 atom stereocenters. The third-order valence-electron chi connectivity index (χ3n) is 5.30. The largest absolute Gasteiger partial charge is 0.347 e. The van der Waals surface area contributed by atoms with Crippen LogP contribution in [-0.4, -0.2) is 30.1 Å². The smallest absolute Gasteiger partial charge is 0.272 e. The van der Waals surface area contributed by atoms with Crippen molar-refractivity contribution in [2.45, 2.75) is 38.8 Å². The zero-order valence-electron chi connectivity index (χ0n) is 17.5. The molecule has 3 aromatic rings. The van der Waals surface area contributed by atoms with E-state index in [4.69, 9.17) is 4.98 Å². The standard InChI is InChI=1S/C23H26N4O3S/c1-31(29,30)26-19-12-8-9-17(15-19)16-24-23(28)21-20-13-6-3-7-14-27(20)22(25-21)18-10-4-2-5-11-18/h2,4-5,8-12,15,26H,3,6-7,13-14,16H2,1H3,(H,24,28). The molecule has 162 valence electrons. The van der Waals surface area contributed by atoms with E-state index >= 15 is 0 Å². The van der Waals surface area contributed by atoms with Gasteiger partial charge in [0, 0.05) is 24.3 Å². The molecule has 0 bridgehead atoms. The summed E-state index contributed by atoms with van der Waals surface area (Å²) in [5.41, 5.74) is 3.74. The van der Waals surface area contributed by atoms with Gasteiger partial charge in [0.1, 0.15) is 11.5 Å². The van der Waals surface area contributed by atoms with Crippen LogP contribution in [0.5, 0.6) is 0 Å². The number of imidazole rings is 1. The maximum atomic E-state index is 13.1. The third kappa shape index (κ3) is 5.14. The van der Waals surface area contributed by atoms with Gasteiger partial charge < -0.3 is 9.88 Å². The average Bonchev–Trinajstić information content (AvgIpc) is 2.93. The quantitative estimate of drug-likeness (QED) is 0.615. The molecule has 0 saturated carbocycles. The lowest BCUT2D eigenvalue weighted by molar-refractivity contribution is 0.0945. The molecular formula is C23H26N4O3S. The molecule has 1 aliphatic rings. The number of rotatable bonds is 6. The van der Waals surface area contributed by atoms with Crippen molar-refractivity contribution in [2.24, 2.45) is 0 Å². The van der Waals surface area contributed by atoms with Crippen molar-refractivity contribution in [3.8, 4) is 11.4 Å². The number of anilines is 1. The number of carbonyl (C=O) groups excluding carboxylic acids is 1. The SMILES string of the molecule is CS(=O)(=O)Nc1cccc(CNC(=O)c2nc(-c3ccccc3)n3c2CCCCC3)c1. The third-order valence-corrected chi connectivity index (χ3v) is 5.90. The summed E-state index contributed by atoms with van der Waals surface area (Å²) >= 11 is 0. The summed E-state index contributed by atoms with van der Waals surface area (Å²) < 4.78 is 27.6. The molecule has 0 unspecified atom stereocenters. The fourth-order valence-corrected chi connectivity index (χ4v) is 4.49.